The van der Waals surface area contributed by atoms with Crippen molar-refractivity contribution in [3.8, 4) is 0 Å². The van der Waals surface area contributed by atoms with Crippen LogP contribution in [-0.2, 0) is 13.6 Å². The van der Waals surface area contributed by atoms with Gasteiger partial charge in [0.05, 0.1) is 6.04 Å². The smallest absolute Gasteiger partial charge is 0.192 e. The van der Waals surface area contributed by atoms with Crippen LogP contribution < -0.4 is 10.6 Å². The molecule has 1 unspecified atom stereocenters. The summed E-state index contributed by atoms with van der Waals surface area (Å²) in [4.78, 5) is 4.62. The maximum Gasteiger partial charge on any atom is 0.192 e. The predicted octanol–water partition coefficient (Wildman–Crippen LogP) is 3.79. The normalized spacial score (nSPS) is 12.4. The van der Waals surface area contributed by atoms with Crippen molar-refractivity contribution >= 4 is 29.9 Å². The van der Waals surface area contributed by atoms with Gasteiger partial charge in [-0.15, -0.1) is 34.2 Å². The van der Waals surface area contributed by atoms with E-state index in [0.29, 0.717) is 18.1 Å². The first-order chi connectivity index (χ1) is 12.4. The number of aromatic nitrogens is 3. The third-order valence-corrected chi connectivity index (χ3v) is 4.43. The Bertz CT molecular complexity index is 759. The Labute approximate surface area is 178 Å². The summed E-state index contributed by atoms with van der Waals surface area (Å²) in [6, 6.07) is 5.24. The monoisotopic (exact) mass is 488 g/mol. The number of unbranched alkanes of at least 4 members (excludes halogenated alkanes) is 1. The molecular weight excluding hydrogens is 458 g/mol. The van der Waals surface area contributed by atoms with Gasteiger partial charge >= 0.3 is 0 Å². The number of hydrogen-bond donors (Lipinski definition) is 2. The van der Waals surface area contributed by atoms with E-state index in [2.05, 4.69) is 32.7 Å². The van der Waals surface area contributed by atoms with Crippen LogP contribution in [0.4, 0.5) is 4.39 Å². The molecule has 0 saturated carbocycles. The Morgan fingerprint density at radius 3 is 2.63 bits per heavy atom. The summed E-state index contributed by atoms with van der Waals surface area (Å²) in [5, 5.41) is 14.9. The van der Waals surface area contributed by atoms with Crippen molar-refractivity contribution in [3.63, 3.8) is 0 Å². The molecule has 0 amide bonds. The molecule has 0 saturated heterocycles. The van der Waals surface area contributed by atoms with Crippen molar-refractivity contribution in [2.24, 2.45) is 12.0 Å². The third kappa shape index (κ3) is 6.75. The van der Waals surface area contributed by atoms with Crippen molar-refractivity contribution in [1.29, 1.82) is 0 Å². The minimum atomic E-state index is -0.192. The van der Waals surface area contributed by atoms with Crippen LogP contribution in [0.3, 0.4) is 0 Å². The van der Waals surface area contributed by atoms with Gasteiger partial charge in [-0.05, 0) is 44.4 Å². The van der Waals surface area contributed by atoms with E-state index in [1.165, 1.54) is 0 Å². The zero-order valence-corrected chi connectivity index (χ0v) is 19.0. The highest BCUT2D eigenvalue weighted by molar-refractivity contribution is 14.0. The van der Waals surface area contributed by atoms with Crippen LogP contribution in [0.5, 0.6) is 0 Å². The van der Waals surface area contributed by atoms with E-state index in [0.717, 1.165) is 36.6 Å². The van der Waals surface area contributed by atoms with Crippen molar-refractivity contribution in [2.45, 2.75) is 53.1 Å². The first kappa shape index (κ1) is 23.3. The number of hydrogen-bond acceptors (Lipinski definition) is 3. The van der Waals surface area contributed by atoms with E-state index in [9.17, 15) is 4.39 Å². The Morgan fingerprint density at radius 2 is 2.04 bits per heavy atom. The molecule has 0 bridgehead atoms. The maximum absolute atomic E-state index is 13.8. The molecule has 0 aliphatic carbocycles. The number of halogens is 2. The molecule has 2 aromatic rings. The molecule has 1 aromatic carbocycles. The Balaban J connectivity index is 0.00000364. The number of nitrogens with zero attached hydrogens (tertiary/aromatic N) is 4. The minimum absolute atomic E-state index is 0. The quantitative estimate of drug-likeness (QED) is 0.270. The number of nitrogens with one attached hydrogen (secondary N) is 2. The average Bonchev–Trinajstić information content (AvgIpc) is 2.93. The standard InChI is InChI=1S/C19H29FN6.HI/c1-6-7-10-21-19(22-12-18-25-24-15(4)26(18)5)23-14(3)16-9-8-13(2)17(20)11-16;/h8-9,11,14H,6-7,10,12H2,1-5H3,(H2,21,22,23);1H. The molecule has 150 valence electrons. The lowest BCUT2D eigenvalue weighted by molar-refractivity contribution is 0.606. The molecular formula is C19H30FIN6. The second kappa shape index (κ2) is 11.2. The van der Waals surface area contributed by atoms with Crippen molar-refractivity contribution in [1.82, 2.24) is 25.4 Å². The molecule has 1 atom stereocenters. The molecule has 27 heavy (non-hydrogen) atoms. The van der Waals surface area contributed by atoms with Gasteiger partial charge in [0.15, 0.2) is 11.8 Å². The number of guanidine groups is 1. The lowest BCUT2D eigenvalue weighted by atomic mass is 10.1. The van der Waals surface area contributed by atoms with Crippen molar-refractivity contribution in [2.75, 3.05) is 6.54 Å². The molecule has 1 heterocycles. The summed E-state index contributed by atoms with van der Waals surface area (Å²) < 4.78 is 15.8. The van der Waals surface area contributed by atoms with Crippen LogP contribution in [0.25, 0.3) is 0 Å². The summed E-state index contributed by atoms with van der Waals surface area (Å²) in [6.45, 7) is 9.06. The molecule has 6 nitrogen and oxygen atoms in total. The van der Waals surface area contributed by atoms with Gasteiger partial charge < -0.3 is 15.2 Å². The first-order valence-corrected chi connectivity index (χ1v) is 9.08. The van der Waals surface area contributed by atoms with Gasteiger partial charge in [-0.1, -0.05) is 25.5 Å². The van der Waals surface area contributed by atoms with Crippen LogP contribution in [0.2, 0.25) is 0 Å². The number of aliphatic imine (C=N–C) groups is 1. The van der Waals surface area contributed by atoms with E-state index in [1.807, 2.05) is 31.5 Å². The molecule has 8 heteroatoms. The zero-order valence-electron chi connectivity index (χ0n) is 16.7. The van der Waals surface area contributed by atoms with Gasteiger partial charge in [0.2, 0.25) is 0 Å². The number of aryl methyl sites for hydroxylation is 2. The highest BCUT2D eigenvalue weighted by Crippen LogP contribution is 2.16. The summed E-state index contributed by atoms with van der Waals surface area (Å²) >= 11 is 0. The number of rotatable bonds is 7. The van der Waals surface area contributed by atoms with Crippen LogP contribution in [0, 0.1) is 19.7 Å². The summed E-state index contributed by atoms with van der Waals surface area (Å²) in [5.41, 5.74) is 1.53. The van der Waals surface area contributed by atoms with E-state index in [-0.39, 0.29) is 35.8 Å². The van der Waals surface area contributed by atoms with Crippen molar-refractivity contribution in [3.05, 3.63) is 46.8 Å². The second-order valence-corrected chi connectivity index (χ2v) is 6.54. The van der Waals surface area contributed by atoms with Crippen LogP contribution >= 0.6 is 24.0 Å². The Morgan fingerprint density at radius 1 is 1.30 bits per heavy atom. The average molecular weight is 488 g/mol. The lowest BCUT2D eigenvalue weighted by Gasteiger charge is -2.19. The molecule has 0 radical (unpaired) electrons. The van der Waals surface area contributed by atoms with Gasteiger partial charge in [-0.2, -0.15) is 0 Å². The molecule has 0 fully saturated rings. The third-order valence-electron chi connectivity index (χ3n) is 4.43. The Kier molecular flexibility index (Phi) is 9.68. The lowest BCUT2D eigenvalue weighted by Crippen LogP contribution is -2.39. The molecule has 0 aliphatic heterocycles. The van der Waals surface area contributed by atoms with E-state index >= 15 is 0 Å². The molecule has 2 rings (SSSR count). The van der Waals surface area contributed by atoms with Crippen molar-refractivity contribution < 1.29 is 4.39 Å². The van der Waals surface area contributed by atoms with E-state index < -0.39 is 0 Å². The van der Waals surface area contributed by atoms with Gasteiger partial charge in [0, 0.05) is 13.6 Å². The fourth-order valence-corrected chi connectivity index (χ4v) is 2.44. The van der Waals surface area contributed by atoms with Gasteiger partial charge in [0.1, 0.15) is 18.2 Å². The Hall–Kier alpha value is -1.71. The molecule has 2 N–H and O–H groups in total. The van der Waals surface area contributed by atoms with Gasteiger partial charge in [-0.3, -0.25) is 0 Å². The van der Waals surface area contributed by atoms with Gasteiger partial charge in [-0.25, -0.2) is 9.38 Å². The largest absolute Gasteiger partial charge is 0.356 e. The summed E-state index contributed by atoms with van der Waals surface area (Å²) in [5.74, 6) is 2.15. The van der Waals surface area contributed by atoms with Crippen LogP contribution in [0.1, 0.15) is 55.5 Å². The first-order valence-electron chi connectivity index (χ1n) is 9.08. The second-order valence-electron chi connectivity index (χ2n) is 6.54. The fraction of sp³-hybridized carbons (Fsp3) is 0.526. The van der Waals surface area contributed by atoms with Crippen LogP contribution in [0.15, 0.2) is 23.2 Å². The molecule has 1 aromatic heterocycles. The van der Waals surface area contributed by atoms with E-state index in [4.69, 9.17) is 0 Å². The highest BCUT2D eigenvalue weighted by Gasteiger charge is 2.11. The highest BCUT2D eigenvalue weighted by atomic mass is 127. The van der Waals surface area contributed by atoms with E-state index in [1.54, 1.807) is 19.1 Å². The number of benzene rings is 1. The minimum Gasteiger partial charge on any atom is -0.356 e. The topological polar surface area (TPSA) is 67.1 Å². The van der Waals surface area contributed by atoms with Gasteiger partial charge in [0.25, 0.3) is 0 Å². The SMILES string of the molecule is CCCCNC(=NCc1nnc(C)n1C)NC(C)c1ccc(C)c(F)c1.I. The maximum atomic E-state index is 13.8. The zero-order chi connectivity index (χ0) is 19.1. The summed E-state index contributed by atoms with van der Waals surface area (Å²) in [6.07, 6.45) is 2.15. The predicted molar refractivity (Wildman–Crippen MR) is 118 cm³/mol. The molecule has 0 spiro atoms. The molecule has 0 aliphatic rings. The summed E-state index contributed by atoms with van der Waals surface area (Å²) in [7, 11) is 1.93. The van der Waals surface area contributed by atoms with Crippen LogP contribution in [-0.4, -0.2) is 27.3 Å². The fourth-order valence-electron chi connectivity index (χ4n) is 2.44.